The van der Waals surface area contributed by atoms with Gasteiger partial charge in [-0.05, 0) is 45.6 Å². The molecule has 5 nitrogen and oxygen atoms in total. The van der Waals surface area contributed by atoms with Crippen LogP contribution in [0.3, 0.4) is 0 Å². The Bertz CT molecular complexity index is 1110. The lowest BCUT2D eigenvalue weighted by Gasteiger charge is -2.30. The van der Waals surface area contributed by atoms with Gasteiger partial charge in [-0.25, -0.2) is 9.97 Å². The number of hydrogen-bond acceptors (Lipinski definition) is 4. The lowest BCUT2D eigenvalue weighted by molar-refractivity contribution is -0.137. The van der Waals surface area contributed by atoms with Gasteiger partial charge in [-0.2, -0.15) is 0 Å². The van der Waals surface area contributed by atoms with Gasteiger partial charge in [-0.15, -0.1) is 0 Å². The molecule has 0 bridgehead atoms. The minimum atomic E-state index is -0.705. The minimum absolute atomic E-state index is 0.264. The van der Waals surface area contributed by atoms with Crippen molar-refractivity contribution in [2.45, 2.75) is 58.8 Å². The largest absolute Gasteiger partial charge is 0.481 e. The second-order valence-corrected chi connectivity index (χ2v) is 9.08. The highest BCUT2D eigenvalue weighted by Gasteiger charge is 2.23. The molecule has 1 aliphatic heterocycles. The number of aromatic nitrogens is 2. The van der Waals surface area contributed by atoms with Crippen LogP contribution in [0.5, 0.6) is 0 Å². The van der Waals surface area contributed by atoms with E-state index < -0.39 is 5.97 Å². The van der Waals surface area contributed by atoms with Crippen LogP contribution in [0, 0.1) is 13.8 Å². The predicted octanol–water partition coefficient (Wildman–Crippen LogP) is 6.22. The van der Waals surface area contributed by atoms with Crippen LogP contribution in [0.2, 0.25) is 0 Å². The van der Waals surface area contributed by atoms with Gasteiger partial charge in [0.25, 0.3) is 0 Å². The summed E-state index contributed by atoms with van der Waals surface area (Å²) in [4.78, 5) is 23.5. The van der Waals surface area contributed by atoms with Gasteiger partial charge in [0.2, 0.25) is 0 Å². The Balaban J connectivity index is 1.63. The zero-order valence-electron chi connectivity index (χ0n) is 19.7. The number of aryl methyl sites for hydroxylation is 3. The average Bonchev–Trinajstić information content (AvgIpc) is 2.81. The average molecular weight is 444 g/mol. The van der Waals surface area contributed by atoms with E-state index in [1.807, 2.05) is 0 Å². The minimum Gasteiger partial charge on any atom is -0.481 e. The second kappa shape index (κ2) is 10.6. The van der Waals surface area contributed by atoms with Gasteiger partial charge in [-0.1, -0.05) is 66.4 Å². The Morgan fingerprint density at radius 3 is 2.42 bits per heavy atom. The lowest BCUT2D eigenvalue weighted by atomic mass is 10.0. The molecule has 0 saturated heterocycles. The van der Waals surface area contributed by atoms with Gasteiger partial charge < -0.3 is 10.0 Å². The molecule has 0 spiro atoms. The summed E-state index contributed by atoms with van der Waals surface area (Å²) in [6, 6.07) is 17.0. The summed E-state index contributed by atoms with van der Waals surface area (Å²) in [5.41, 5.74) is 7.62. The maximum absolute atomic E-state index is 10.7. The number of fused-ring (bicyclic) bond motifs is 1. The zero-order valence-corrected chi connectivity index (χ0v) is 19.7. The lowest BCUT2D eigenvalue weighted by Crippen LogP contribution is -2.32. The third-order valence-electron chi connectivity index (χ3n) is 6.27. The van der Waals surface area contributed by atoms with E-state index in [1.165, 1.54) is 11.1 Å². The summed E-state index contributed by atoms with van der Waals surface area (Å²) in [5.74, 6) is 0.307. The Kier molecular flexibility index (Phi) is 7.38. The number of unbranched alkanes of at least 4 members (excludes halogenated alkanes) is 3. The molecule has 1 N–H and O–H groups in total. The quantitative estimate of drug-likeness (QED) is 0.398. The molecule has 33 heavy (non-hydrogen) atoms. The fourth-order valence-corrected chi connectivity index (χ4v) is 4.48. The first-order valence-electron chi connectivity index (χ1n) is 12.0. The predicted molar refractivity (Wildman–Crippen MR) is 134 cm³/mol. The number of anilines is 1. The standard InChI is InChI=1S/C28H33N3O2/c1-20-13-15-22(16-14-20)26-27(23-10-7-9-21(2)19-23)29-24-11-8-18-31(28(24)30-26)17-6-4-3-5-12-25(32)33/h7,9-10,13-16,19H,3-6,8,11-12,17-18H2,1-2H3,(H,32,33). The summed E-state index contributed by atoms with van der Waals surface area (Å²) in [6.07, 6.45) is 6.09. The van der Waals surface area contributed by atoms with Gasteiger partial charge in [0, 0.05) is 30.6 Å². The fraction of sp³-hybridized carbons (Fsp3) is 0.393. The molecule has 0 unspecified atom stereocenters. The molecule has 2 aromatic carbocycles. The van der Waals surface area contributed by atoms with Crippen LogP contribution in [0.4, 0.5) is 5.82 Å². The Morgan fingerprint density at radius 2 is 1.67 bits per heavy atom. The maximum atomic E-state index is 10.7. The topological polar surface area (TPSA) is 66.3 Å². The molecule has 0 radical (unpaired) electrons. The summed E-state index contributed by atoms with van der Waals surface area (Å²) < 4.78 is 0. The highest BCUT2D eigenvalue weighted by Crippen LogP contribution is 2.35. The fourth-order valence-electron chi connectivity index (χ4n) is 4.48. The van der Waals surface area contributed by atoms with E-state index >= 15 is 0 Å². The van der Waals surface area contributed by atoms with Crippen molar-refractivity contribution in [3.05, 3.63) is 65.4 Å². The molecule has 0 aliphatic carbocycles. The number of rotatable bonds is 9. The summed E-state index contributed by atoms with van der Waals surface area (Å²) in [7, 11) is 0. The summed E-state index contributed by atoms with van der Waals surface area (Å²) in [5, 5.41) is 8.81. The number of nitrogens with zero attached hydrogens (tertiary/aromatic N) is 3. The van der Waals surface area contributed by atoms with Crippen molar-refractivity contribution in [2.24, 2.45) is 0 Å². The van der Waals surface area contributed by atoms with E-state index in [0.29, 0.717) is 0 Å². The summed E-state index contributed by atoms with van der Waals surface area (Å²) in [6.45, 7) is 6.14. The molecule has 172 valence electrons. The van der Waals surface area contributed by atoms with Crippen LogP contribution in [0.1, 0.15) is 55.3 Å². The molecular weight excluding hydrogens is 410 g/mol. The van der Waals surface area contributed by atoms with Crippen LogP contribution in [-0.2, 0) is 11.2 Å². The number of carbonyl (C=O) groups is 1. The van der Waals surface area contributed by atoms with E-state index in [9.17, 15) is 4.79 Å². The highest BCUT2D eigenvalue weighted by atomic mass is 16.4. The van der Waals surface area contributed by atoms with Crippen molar-refractivity contribution in [1.82, 2.24) is 9.97 Å². The van der Waals surface area contributed by atoms with Gasteiger partial charge in [0.1, 0.15) is 0 Å². The van der Waals surface area contributed by atoms with Gasteiger partial charge in [0.05, 0.1) is 17.1 Å². The Labute approximate surface area is 196 Å². The van der Waals surface area contributed by atoms with Crippen molar-refractivity contribution in [3.63, 3.8) is 0 Å². The second-order valence-electron chi connectivity index (χ2n) is 9.08. The van der Waals surface area contributed by atoms with Crippen LogP contribution < -0.4 is 4.90 Å². The Hall–Kier alpha value is -3.21. The summed E-state index contributed by atoms with van der Waals surface area (Å²) >= 11 is 0. The highest BCUT2D eigenvalue weighted by molar-refractivity contribution is 5.80. The first-order valence-corrected chi connectivity index (χ1v) is 12.0. The van der Waals surface area contributed by atoms with Crippen molar-refractivity contribution in [1.29, 1.82) is 0 Å². The number of aliphatic carboxylic acids is 1. The van der Waals surface area contributed by atoms with E-state index in [-0.39, 0.29) is 6.42 Å². The number of hydrogen-bond donors (Lipinski definition) is 1. The molecule has 0 atom stereocenters. The molecule has 1 aromatic heterocycles. The smallest absolute Gasteiger partial charge is 0.303 e. The van der Waals surface area contributed by atoms with E-state index in [1.54, 1.807) is 0 Å². The van der Waals surface area contributed by atoms with Crippen molar-refractivity contribution in [3.8, 4) is 22.5 Å². The first kappa shape index (κ1) is 23.0. The normalized spacial score (nSPS) is 13.1. The number of benzene rings is 2. The van der Waals surface area contributed by atoms with E-state index in [0.717, 1.165) is 85.6 Å². The molecule has 3 aromatic rings. The van der Waals surface area contributed by atoms with Crippen LogP contribution in [0.15, 0.2) is 48.5 Å². The molecule has 0 saturated carbocycles. The molecule has 1 aliphatic rings. The third-order valence-corrected chi connectivity index (χ3v) is 6.27. The first-order chi connectivity index (χ1) is 16.0. The zero-order chi connectivity index (χ0) is 23.2. The van der Waals surface area contributed by atoms with Crippen LogP contribution >= 0.6 is 0 Å². The SMILES string of the molecule is Cc1ccc(-c2nc3c(nc2-c2cccc(C)c2)CCCN3CCCCCCC(=O)O)cc1. The molecule has 5 heteroatoms. The van der Waals surface area contributed by atoms with Crippen molar-refractivity contribution < 1.29 is 9.90 Å². The van der Waals surface area contributed by atoms with Crippen LogP contribution in [0.25, 0.3) is 22.5 Å². The van der Waals surface area contributed by atoms with Gasteiger partial charge in [-0.3, -0.25) is 4.79 Å². The Morgan fingerprint density at radius 1 is 0.909 bits per heavy atom. The molecular formula is C28H33N3O2. The number of carboxylic acids is 1. The van der Waals surface area contributed by atoms with Crippen molar-refractivity contribution >= 4 is 11.8 Å². The van der Waals surface area contributed by atoms with Gasteiger partial charge >= 0.3 is 5.97 Å². The van der Waals surface area contributed by atoms with Crippen molar-refractivity contribution in [2.75, 3.05) is 18.0 Å². The van der Waals surface area contributed by atoms with Crippen LogP contribution in [-0.4, -0.2) is 34.1 Å². The third kappa shape index (κ3) is 5.78. The molecule has 0 fully saturated rings. The van der Waals surface area contributed by atoms with E-state index in [4.69, 9.17) is 15.1 Å². The van der Waals surface area contributed by atoms with Gasteiger partial charge in [0.15, 0.2) is 5.82 Å². The molecule has 2 heterocycles. The molecule has 4 rings (SSSR count). The number of carboxylic acid groups (broad SMARTS) is 1. The monoisotopic (exact) mass is 443 g/mol. The maximum Gasteiger partial charge on any atom is 0.303 e. The van der Waals surface area contributed by atoms with E-state index in [2.05, 4.69) is 67.3 Å². The molecule has 0 amide bonds.